The average Bonchev–Trinajstić information content (AvgIpc) is 2.87. The van der Waals surface area contributed by atoms with Gasteiger partial charge in [0.15, 0.2) is 0 Å². The van der Waals surface area contributed by atoms with E-state index in [-0.39, 0.29) is 18.2 Å². The average molecular weight is 490 g/mol. The van der Waals surface area contributed by atoms with Crippen LogP contribution in [0.3, 0.4) is 0 Å². The Kier molecular flexibility index (Phi) is 6.64. The Hall–Kier alpha value is -3.12. The van der Waals surface area contributed by atoms with Crippen LogP contribution in [0.15, 0.2) is 45.6 Å². The molecule has 36 heavy (non-hydrogen) atoms. The normalized spacial score (nSPS) is 21.9. The fraction of sp³-hybridized carbons (Fsp3) is 0.467. The third-order valence-corrected chi connectivity index (χ3v) is 8.28. The van der Waals surface area contributed by atoms with Crippen molar-refractivity contribution in [2.24, 2.45) is 5.92 Å². The molecule has 2 atom stereocenters. The molecule has 1 amide bonds. The van der Waals surface area contributed by atoms with Crippen molar-refractivity contribution in [2.75, 3.05) is 13.1 Å². The summed E-state index contributed by atoms with van der Waals surface area (Å²) in [6.07, 6.45) is 4.54. The van der Waals surface area contributed by atoms with Gasteiger partial charge in [0.1, 0.15) is 17.9 Å². The van der Waals surface area contributed by atoms with Crippen LogP contribution in [0.5, 0.6) is 5.75 Å². The number of hydrogen-bond donors (Lipinski definition) is 1. The van der Waals surface area contributed by atoms with Crippen LogP contribution in [-0.2, 0) is 17.8 Å². The van der Waals surface area contributed by atoms with E-state index in [4.69, 9.17) is 9.15 Å². The van der Waals surface area contributed by atoms with Crippen molar-refractivity contribution >= 4 is 16.9 Å². The standard InChI is InChI=1S/C30H35NO5/c1-19-7-9-22(10-8-19)18-35-26-12-11-24-20(2)25(29(33)36-28(24)21(26)3)16-27(32)31-15-14-30(34)13-5-4-6-23(30)17-31/h7-12,23,34H,4-6,13-18H2,1-3H3/t23-,30-/m1/s1. The minimum atomic E-state index is -0.635. The van der Waals surface area contributed by atoms with Crippen molar-refractivity contribution in [3.05, 3.63) is 74.6 Å². The third-order valence-electron chi connectivity index (χ3n) is 8.28. The molecule has 190 valence electrons. The molecule has 0 unspecified atom stereocenters. The maximum Gasteiger partial charge on any atom is 0.340 e. The topological polar surface area (TPSA) is 80.0 Å². The van der Waals surface area contributed by atoms with Crippen molar-refractivity contribution in [3.8, 4) is 5.75 Å². The first-order valence-corrected chi connectivity index (χ1v) is 13.0. The van der Waals surface area contributed by atoms with Crippen molar-refractivity contribution in [2.45, 2.75) is 71.5 Å². The second kappa shape index (κ2) is 9.74. The van der Waals surface area contributed by atoms with E-state index in [1.165, 1.54) is 5.56 Å². The summed E-state index contributed by atoms with van der Waals surface area (Å²) in [5, 5.41) is 11.8. The monoisotopic (exact) mass is 489 g/mol. The zero-order chi connectivity index (χ0) is 25.4. The molecule has 0 spiro atoms. The van der Waals surface area contributed by atoms with Gasteiger partial charge >= 0.3 is 5.63 Å². The van der Waals surface area contributed by atoms with E-state index in [1.807, 2.05) is 49.9 Å². The van der Waals surface area contributed by atoms with E-state index in [1.54, 1.807) is 0 Å². The highest BCUT2D eigenvalue weighted by atomic mass is 16.5. The fourth-order valence-corrected chi connectivity index (χ4v) is 5.84. The second-order valence-corrected chi connectivity index (χ2v) is 10.6. The first kappa shape index (κ1) is 24.6. The van der Waals surface area contributed by atoms with Gasteiger partial charge in [0.25, 0.3) is 0 Å². The molecule has 2 aromatic carbocycles. The van der Waals surface area contributed by atoms with E-state index in [2.05, 4.69) is 12.1 Å². The molecule has 6 nitrogen and oxygen atoms in total. The minimum Gasteiger partial charge on any atom is -0.488 e. The third kappa shape index (κ3) is 4.66. The predicted molar refractivity (Wildman–Crippen MR) is 139 cm³/mol. The number of fused-ring (bicyclic) bond motifs is 2. The first-order valence-electron chi connectivity index (χ1n) is 13.0. The smallest absolute Gasteiger partial charge is 0.340 e. The molecule has 0 bridgehead atoms. The highest BCUT2D eigenvalue weighted by Crippen LogP contribution is 2.40. The van der Waals surface area contributed by atoms with Crippen LogP contribution in [0.4, 0.5) is 0 Å². The molecule has 1 N–H and O–H groups in total. The lowest BCUT2D eigenvalue weighted by Gasteiger charge is -2.47. The highest BCUT2D eigenvalue weighted by molar-refractivity contribution is 5.87. The summed E-state index contributed by atoms with van der Waals surface area (Å²) in [5.41, 5.74) is 3.60. The molecule has 1 aliphatic heterocycles. The van der Waals surface area contributed by atoms with Crippen LogP contribution in [0, 0.1) is 26.7 Å². The summed E-state index contributed by atoms with van der Waals surface area (Å²) >= 11 is 0. The number of amides is 1. The summed E-state index contributed by atoms with van der Waals surface area (Å²) in [6, 6.07) is 12.0. The maximum absolute atomic E-state index is 13.2. The Bertz CT molecular complexity index is 1340. The van der Waals surface area contributed by atoms with Crippen molar-refractivity contribution in [1.82, 2.24) is 4.90 Å². The number of piperidine rings is 1. The molecule has 1 saturated carbocycles. The van der Waals surface area contributed by atoms with Crippen LogP contribution in [0.25, 0.3) is 11.0 Å². The molecule has 5 rings (SSSR count). The van der Waals surface area contributed by atoms with Crippen LogP contribution in [-0.4, -0.2) is 34.6 Å². The number of aryl methyl sites for hydroxylation is 3. The van der Waals surface area contributed by atoms with Gasteiger partial charge < -0.3 is 19.2 Å². The van der Waals surface area contributed by atoms with E-state index in [0.717, 1.165) is 47.8 Å². The van der Waals surface area contributed by atoms with Gasteiger partial charge in [-0.25, -0.2) is 4.79 Å². The van der Waals surface area contributed by atoms with Crippen LogP contribution in [0.2, 0.25) is 0 Å². The maximum atomic E-state index is 13.2. The second-order valence-electron chi connectivity index (χ2n) is 10.6. The Balaban J connectivity index is 1.34. The zero-order valence-electron chi connectivity index (χ0n) is 21.4. The molecule has 2 heterocycles. The van der Waals surface area contributed by atoms with E-state index < -0.39 is 11.2 Å². The number of benzene rings is 2. The van der Waals surface area contributed by atoms with Gasteiger partial charge in [0, 0.05) is 30.0 Å². The molecular weight excluding hydrogens is 454 g/mol. The van der Waals surface area contributed by atoms with Gasteiger partial charge in [-0.15, -0.1) is 0 Å². The Morgan fingerprint density at radius 1 is 1.08 bits per heavy atom. The first-order chi connectivity index (χ1) is 17.2. The number of likely N-dealkylation sites (tertiary alicyclic amines) is 1. The Morgan fingerprint density at radius 3 is 2.64 bits per heavy atom. The number of nitrogens with zero attached hydrogens (tertiary/aromatic N) is 1. The van der Waals surface area contributed by atoms with Gasteiger partial charge in [-0.3, -0.25) is 4.79 Å². The molecule has 2 fully saturated rings. The largest absolute Gasteiger partial charge is 0.488 e. The molecule has 1 aromatic heterocycles. The Morgan fingerprint density at radius 2 is 1.86 bits per heavy atom. The molecule has 1 aliphatic carbocycles. The van der Waals surface area contributed by atoms with Crippen molar-refractivity contribution in [1.29, 1.82) is 0 Å². The van der Waals surface area contributed by atoms with Gasteiger partial charge in [-0.2, -0.15) is 0 Å². The van der Waals surface area contributed by atoms with Crippen LogP contribution >= 0.6 is 0 Å². The predicted octanol–water partition coefficient (Wildman–Crippen LogP) is 4.99. The molecular formula is C30H35NO5. The van der Waals surface area contributed by atoms with Crippen molar-refractivity contribution < 1.29 is 19.1 Å². The van der Waals surface area contributed by atoms with Crippen LogP contribution < -0.4 is 10.4 Å². The number of aliphatic hydroxyl groups is 1. The quantitative estimate of drug-likeness (QED) is 0.511. The number of rotatable bonds is 5. The summed E-state index contributed by atoms with van der Waals surface area (Å²) in [5.74, 6) is 0.717. The lowest BCUT2D eigenvalue weighted by atomic mass is 9.71. The Labute approximate surface area is 211 Å². The van der Waals surface area contributed by atoms with Gasteiger partial charge in [0.05, 0.1) is 17.6 Å². The number of carbonyl (C=O) groups is 1. The number of hydrogen-bond acceptors (Lipinski definition) is 5. The van der Waals surface area contributed by atoms with E-state index >= 15 is 0 Å². The summed E-state index contributed by atoms with van der Waals surface area (Å²) in [6.45, 7) is 7.34. The lowest BCUT2D eigenvalue weighted by molar-refractivity contribution is -0.142. The van der Waals surface area contributed by atoms with Gasteiger partial charge in [0.2, 0.25) is 5.91 Å². The zero-order valence-corrected chi connectivity index (χ0v) is 21.4. The minimum absolute atomic E-state index is 0.0139. The SMILES string of the molecule is Cc1ccc(COc2ccc3c(C)c(CC(=O)N4CC[C@]5(O)CCCC[C@@H]5C4)c(=O)oc3c2C)cc1. The van der Waals surface area contributed by atoms with Crippen LogP contribution in [0.1, 0.15) is 59.9 Å². The summed E-state index contributed by atoms with van der Waals surface area (Å²) in [4.78, 5) is 28.0. The van der Waals surface area contributed by atoms with Gasteiger partial charge in [-0.1, -0.05) is 42.7 Å². The lowest BCUT2D eigenvalue weighted by Crippen LogP contribution is -2.55. The van der Waals surface area contributed by atoms with E-state index in [9.17, 15) is 14.7 Å². The van der Waals surface area contributed by atoms with E-state index in [0.29, 0.717) is 43.0 Å². The fourth-order valence-electron chi connectivity index (χ4n) is 5.84. The highest BCUT2D eigenvalue weighted by Gasteiger charge is 2.43. The molecule has 2 aliphatic rings. The molecule has 6 heteroatoms. The molecule has 3 aromatic rings. The summed E-state index contributed by atoms with van der Waals surface area (Å²) in [7, 11) is 0. The number of carbonyl (C=O) groups excluding carboxylic acids is 1. The van der Waals surface area contributed by atoms with Gasteiger partial charge in [-0.05, 0) is 63.3 Å². The molecule has 0 radical (unpaired) electrons. The number of ether oxygens (including phenoxy) is 1. The molecule has 1 saturated heterocycles. The van der Waals surface area contributed by atoms with Crippen molar-refractivity contribution in [3.63, 3.8) is 0 Å². The summed E-state index contributed by atoms with van der Waals surface area (Å²) < 4.78 is 11.8.